The summed E-state index contributed by atoms with van der Waals surface area (Å²) >= 11 is 0. The maximum Gasteiger partial charge on any atom is 0.213 e. The highest BCUT2D eigenvalue weighted by molar-refractivity contribution is 5.26. The Morgan fingerprint density at radius 3 is 2.75 bits per heavy atom. The fourth-order valence-corrected chi connectivity index (χ4v) is 2.37. The molecule has 1 aliphatic rings. The number of ether oxygens (including phenoxy) is 2. The van der Waals surface area contributed by atoms with Crippen LogP contribution in [0, 0.1) is 5.92 Å². The number of hydrogen-bond donors (Lipinski definition) is 1. The van der Waals surface area contributed by atoms with Crippen LogP contribution in [0.25, 0.3) is 0 Å². The Hall–Kier alpha value is -1.13. The smallest absolute Gasteiger partial charge is 0.213 e. The Balaban J connectivity index is 2.01. The van der Waals surface area contributed by atoms with Gasteiger partial charge in [-0.15, -0.1) is 0 Å². The highest BCUT2D eigenvalue weighted by atomic mass is 16.5. The third kappa shape index (κ3) is 4.46. The van der Waals surface area contributed by atoms with Gasteiger partial charge < -0.3 is 14.8 Å². The number of rotatable bonds is 6. The Kier molecular flexibility index (Phi) is 5.80. The SMILES string of the molecule is CNCc1cc(OCC2CCOCC2)nc(C(C)C)c1. The van der Waals surface area contributed by atoms with Crippen LogP contribution in [0.3, 0.4) is 0 Å². The molecule has 0 atom stereocenters. The maximum absolute atomic E-state index is 5.93. The number of pyridine rings is 1. The molecule has 0 spiro atoms. The summed E-state index contributed by atoms with van der Waals surface area (Å²) in [7, 11) is 1.96. The van der Waals surface area contributed by atoms with Crippen LogP contribution < -0.4 is 10.1 Å². The third-order valence-electron chi connectivity index (χ3n) is 3.66. The van der Waals surface area contributed by atoms with Crippen LogP contribution in [0.5, 0.6) is 5.88 Å². The highest BCUT2D eigenvalue weighted by Crippen LogP contribution is 2.21. The summed E-state index contributed by atoms with van der Waals surface area (Å²) in [5.41, 5.74) is 2.33. The first-order chi connectivity index (χ1) is 9.69. The lowest BCUT2D eigenvalue weighted by molar-refractivity contribution is 0.0490. The molecule has 1 aliphatic heterocycles. The average Bonchev–Trinajstić information content (AvgIpc) is 2.46. The summed E-state index contributed by atoms with van der Waals surface area (Å²) in [5.74, 6) is 1.77. The molecule has 1 N–H and O–H groups in total. The van der Waals surface area contributed by atoms with Crippen molar-refractivity contribution in [3.8, 4) is 5.88 Å². The van der Waals surface area contributed by atoms with E-state index in [0.29, 0.717) is 11.8 Å². The van der Waals surface area contributed by atoms with Gasteiger partial charge in [-0.25, -0.2) is 4.98 Å². The van der Waals surface area contributed by atoms with Gasteiger partial charge in [0.05, 0.1) is 6.61 Å². The van der Waals surface area contributed by atoms with Crippen LogP contribution in [0.2, 0.25) is 0 Å². The standard InChI is InChI=1S/C16H26N2O2/c1-12(2)15-8-14(10-17-3)9-16(18-15)20-11-13-4-6-19-7-5-13/h8-9,12-13,17H,4-7,10-11H2,1-3H3. The monoisotopic (exact) mass is 278 g/mol. The number of nitrogens with one attached hydrogen (secondary N) is 1. The van der Waals surface area contributed by atoms with E-state index in [1.807, 2.05) is 13.1 Å². The molecule has 0 bridgehead atoms. The van der Waals surface area contributed by atoms with Gasteiger partial charge in [0.25, 0.3) is 0 Å². The van der Waals surface area contributed by atoms with E-state index in [2.05, 4.69) is 30.2 Å². The first kappa shape index (κ1) is 15.3. The lowest BCUT2D eigenvalue weighted by atomic mass is 10.0. The summed E-state index contributed by atoms with van der Waals surface area (Å²) < 4.78 is 11.3. The first-order valence-electron chi connectivity index (χ1n) is 7.55. The van der Waals surface area contributed by atoms with E-state index in [9.17, 15) is 0 Å². The van der Waals surface area contributed by atoms with Crippen molar-refractivity contribution < 1.29 is 9.47 Å². The lowest BCUT2D eigenvalue weighted by Crippen LogP contribution is -2.21. The molecule has 1 fully saturated rings. The molecule has 1 aromatic rings. The second-order valence-corrected chi connectivity index (χ2v) is 5.79. The lowest BCUT2D eigenvalue weighted by Gasteiger charge is -2.22. The molecule has 20 heavy (non-hydrogen) atoms. The van der Waals surface area contributed by atoms with E-state index in [1.165, 1.54) is 5.56 Å². The Morgan fingerprint density at radius 2 is 2.10 bits per heavy atom. The number of aromatic nitrogens is 1. The van der Waals surface area contributed by atoms with E-state index in [0.717, 1.165) is 50.8 Å². The summed E-state index contributed by atoms with van der Waals surface area (Å²) in [6.07, 6.45) is 2.18. The molecule has 4 heteroatoms. The maximum atomic E-state index is 5.93. The summed E-state index contributed by atoms with van der Waals surface area (Å²) in [6.45, 7) is 7.63. The molecule has 2 rings (SSSR count). The van der Waals surface area contributed by atoms with Crippen molar-refractivity contribution in [2.75, 3.05) is 26.9 Å². The van der Waals surface area contributed by atoms with Crippen LogP contribution in [0.4, 0.5) is 0 Å². The molecular formula is C16H26N2O2. The van der Waals surface area contributed by atoms with E-state index in [4.69, 9.17) is 9.47 Å². The zero-order valence-corrected chi connectivity index (χ0v) is 12.8. The molecule has 0 radical (unpaired) electrons. The van der Waals surface area contributed by atoms with Crippen molar-refractivity contribution in [2.45, 2.75) is 39.2 Å². The van der Waals surface area contributed by atoms with Gasteiger partial charge in [0.1, 0.15) is 0 Å². The second kappa shape index (κ2) is 7.60. The van der Waals surface area contributed by atoms with Crippen molar-refractivity contribution in [1.29, 1.82) is 0 Å². The minimum atomic E-state index is 0.414. The van der Waals surface area contributed by atoms with Crippen LogP contribution in [-0.2, 0) is 11.3 Å². The molecule has 1 aromatic heterocycles. The van der Waals surface area contributed by atoms with E-state index < -0.39 is 0 Å². The average molecular weight is 278 g/mol. The van der Waals surface area contributed by atoms with Gasteiger partial charge >= 0.3 is 0 Å². The van der Waals surface area contributed by atoms with Gasteiger partial charge in [-0.05, 0) is 43.4 Å². The van der Waals surface area contributed by atoms with Crippen LogP contribution in [-0.4, -0.2) is 31.9 Å². The molecule has 0 saturated carbocycles. The topological polar surface area (TPSA) is 43.4 Å². The molecule has 1 saturated heterocycles. The van der Waals surface area contributed by atoms with Crippen molar-refractivity contribution >= 4 is 0 Å². The molecular weight excluding hydrogens is 252 g/mol. The van der Waals surface area contributed by atoms with Crippen LogP contribution in [0.15, 0.2) is 12.1 Å². The van der Waals surface area contributed by atoms with Crippen molar-refractivity contribution in [2.24, 2.45) is 5.92 Å². The quantitative estimate of drug-likeness (QED) is 0.869. The zero-order chi connectivity index (χ0) is 14.4. The molecule has 0 aromatic carbocycles. The van der Waals surface area contributed by atoms with Gasteiger partial charge in [-0.2, -0.15) is 0 Å². The molecule has 0 aliphatic carbocycles. The minimum Gasteiger partial charge on any atom is -0.477 e. The molecule has 0 unspecified atom stereocenters. The van der Waals surface area contributed by atoms with Crippen molar-refractivity contribution in [1.82, 2.24) is 10.3 Å². The predicted octanol–water partition coefficient (Wildman–Crippen LogP) is 2.73. The van der Waals surface area contributed by atoms with Gasteiger partial charge in [0, 0.05) is 31.5 Å². The Bertz CT molecular complexity index is 415. The normalized spacial score (nSPS) is 16.6. The van der Waals surface area contributed by atoms with Gasteiger partial charge in [-0.1, -0.05) is 13.8 Å². The summed E-state index contributed by atoms with van der Waals surface area (Å²) in [6, 6.07) is 4.20. The molecule has 4 nitrogen and oxygen atoms in total. The van der Waals surface area contributed by atoms with E-state index >= 15 is 0 Å². The highest BCUT2D eigenvalue weighted by Gasteiger charge is 2.15. The molecule has 2 heterocycles. The Morgan fingerprint density at radius 1 is 1.35 bits per heavy atom. The van der Waals surface area contributed by atoms with Crippen molar-refractivity contribution in [3.63, 3.8) is 0 Å². The van der Waals surface area contributed by atoms with Crippen molar-refractivity contribution in [3.05, 3.63) is 23.4 Å². The summed E-state index contributed by atoms with van der Waals surface area (Å²) in [4.78, 5) is 4.62. The number of nitrogens with zero attached hydrogens (tertiary/aromatic N) is 1. The van der Waals surface area contributed by atoms with Gasteiger partial charge in [0.2, 0.25) is 5.88 Å². The minimum absolute atomic E-state index is 0.414. The summed E-state index contributed by atoms with van der Waals surface area (Å²) in [5, 5.41) is 3.18. The predicted molar refractivity (Wildman–Crippen MR) is 80.1 cm³/mol. The molecule has 112 valence electrons. The third-order valence-corrected chi connectivity index (χ3v) is 3.66. The van der Waals surface area contributed by atoms with Gasteiger partial charge in [0.15, 0.2) is 0 Å². The van der Waals surface area contributed by atoms with E-state index in [-0.39, 0.29) is 0 Å². The second-order valence-electron chi connectivity index (χ2n) is 5.79. The number of hydrogen-bond acceptors (Lipinski definition) is 4. The van der Waals surface area contributed by atoms with Crippen LogP contribution >= 0.6 is 0 Å². The zero-order valence-electron chi connectivity index (χ0n) is 12.8. The van der Waals surface area contributed by atoms with E-state index in [1.54, 1.807) is 0 Å². The fraction of sp³-hybridized carbons (Fsp3) is 0.688. The Labute approximate surface area is 121 Å². The first-order valence-corrected chi connectivity index (χ1v) is 7.55. The molecule has 0 amide bonds. The van der Waals surface area contributed by atoms with Gasteiger partial charge in [-0.3, -0.25) is 0 Å². The van der Waals surface area contributed by atoms with Crippen LogP contribution in [0.1, 0.15) is 43.9 Å². The largest absolute Gasteiger partial charge is 0.477 e. The fourth-order valence-electron chi connectivity index (χ4n) is 2.37.